The second-order valence-corrected chi connectivity index (χ2v) is 8.20. The number of hydrogen-bond donors (Lipinski definition) is 1. The fourth-order valence-electron chi connectivity index (χ4n) is 4.18. The highest BCUT2D eigenvalue weighted by atomic mass is 16.3. The van der Waals surface area contributed by atoms with Crippen LogP contribution in [0.5, 0.6) is 0 Å². The van der Waals surface area contributed by atoms with E-state index in [-0.39, 0.29) is 18.0 Å². The highest BCUT2D eigenvalue weighted by Gasteiger charge is 2.39. The second-order valence-electron chi connectivity index (χ2n) is 8.20. The van der Waals surface area contributed by atoms with E-state index in [1.807, 2.05) is 41.4 Å². The van der Waals surface area contributed by atoms with Crippen molar-refractivity contribution in [3.05, 3.63) is 47.8 Å². The van der Waals surface area contributed by atoms with Crippen LogP contribution in [0, 0.1) is 0 Å². The Kier molecular flexibility index (Phi) is 5.76. The molecule has 1 aliphatic carbocycles. The number of piperidine rings is 1. The van der Waals surface area contributed by atoms with Crippen molar-refractivity contribution < 1.29 is 9.90 Å². The van der Waals surface area contributed by atoms with Crippen LogP contribution in [0.4, 0.5) is 0 Å². The molecule has 0 radical (unpaired) electrons. The highest BCUT2D eigenvalue weighted by Crippen LogP contribution is 2.40. The number of hydrogen-bond acceptors (Lipinski definition) is 4. The van der Waals surface area contributed by atoms with Crippen LogP contribution in [-0.2, 0) is 4.79 Å². The Morgan fingerprint density at radius 2 is 2.00 bits per heavy atom. The monoisotopic (exact) mass is 382 g/mol. The Hall–Kier alpha value is -2.21. The summed E-state index contributed by atoms with van der Waals surface area (Å²) < 4.78 is 1.78. The molecule has 1 N–H and O–H groups in total. The number of likely N-dealkylation sites (tertiary alicyclic amines) is 1. The number of carbonyl (C=O) groups is 1. The SMILES string of the molecule is CCCCCC(=O)N1C[C@@H](n2cc(C3CC3)nn2)[C@H](O)C[C@@H]1c1ccccc1. The summed E-state index contributed by atoms with van der Waals surface area (Å²) in [5.41, 5.74) is 2.10. The molecule has 2 aromatic rings. The number of benzene rings is 1. The zero-order chi connectivity index (χ0) is 19.5. The summed E-state index contributed by atoms with van der Waals surface area (Å²) in [5.74, 6) is 0.695. The second kappa shape index (κ2) is 8.43. The van der Waals surface area contributed by atoms with Gasteiger partial charge in [0.2, 0.25) is 5.91 Å². The van der Waals surface area contributed by atoms with Crippen LogP contribution in [0.15, 0.2) is 36.5 Å². The number of rotatable bonds is 7. The molecule has 0 unspecified atom stereocenters. The molecule has 6 heteroatoms. The zero-order valence-electron chi connectivity index (χ0n) is 16.6. The van der Waals surface area contributed by atoms with E-state index >= 15 is 0 Å². The molecule has 1 aromatic heterocycles. The maximum absolute atomic E-state index is 13.1. The largest absolute Gasteiger partial charge is 0.391 e. The molecule has 6 nitrogen and oxygen atoms in total. The van der Waals surface area contributed by atoms with Gasteiger partial charge >= 0.3 is 0 Å². The normalized spacial score (nSPS) is 25.1. The highest BCUT2D eigenvalue weighted by molar-refractivity contribution is 5.77. The Labute approximate surface area is 166 Å². The molecule has 0 spiro atoms. The topological polar surface area (TPSA) is 71.2 Å². The molecule has 28 heavy (non-hydrogen) atoms. The van der Waals surface area contributed by atoms with Crippen molar-refractivity contribution in [2.24, 2.45) is 0 Å². The van der Waals surface area contributed by atoms with Gasteiger partial charge in [-0.2, -0.15) is 0 Å². The molecular formula is C22H30N4O2. The van der Waals surface area contributed by atoms with Crippen LogP contribution in [0.3, 0.4) is 0 Å². The van der Waals surface area contributed by atoms with Crippen LogP contribution in [0.1, 0.15) is 81.1 Å². The molecule has 150 valence electrons. The third-order valence-electron chi connectivity index (χ3n) is 6.03. The van der Waals surface area contributed by atoms with Crippen molar-refractivity contribution in [3.8, 4) is 0 Å². The molecule has 2 fully saturated rings. The van der Waals surface area contributed by atoms with Crippen LogP contribution in [0.25, 0.3) is 0 Å². The summed E-state index contributed by atoms with van der Waals surface area (Å²) in [5, 5.41) is 19.5. The van der Waals surface area contributed by atoms with E-state index in [0.717, 1.165) is 30.5 Å². The summed E-state index contributed by atoms with van der Waals surface area (Å²) in [6.45, 7) is 2.62. The Morgan fingerprint density at radius 1 is 1.21 bits per heavy atom. The van der Waals surface area contributed by atoms with Gasteiger partial charge in [0.05, 0.1) is 23.9 Å². The van der Waals surface area contributed by atoms with E-state index in [1.165, 1.54) is 12.8 Å². The summed E-state index contributed by atoms with van der Waals surface area (Å²) in [4.78, 5) is 15.0. The molecule has 1 saturated heterocycles. The first-order valence-corrected chi connectivity index (χ1v) is 10.6. The lowest BCUT2D eigenvalue weighted by Gasteiger charge is -2.42. The van der Waals surface area contributed by atoms with E-state index < -0.39 is 6.10 Å². The predicted molar refractivity (Wildman–Crippen MR) is 107 cm³/mol. The molecule has 4 rings (SSSR count). The number of aromatic nitrogens is 3. The quantitative estimate of drug-likeness (QED) is 0.743. The fourth-order valence-corrected chi connectivity index (χ4v) is 4.18. The van der Waals surface area contributed by atoms with Crippen molar-refractivity contribution in [1.82, 2.24) is 19.9 Å². The number of amides is 1. The predicted octanol–water partition coefficient (Wildman–Crippen LogP) is 3.61. The van der Waals surface area contributed by atoms with Gasteiger partial charge in [-0.3, -0.25) is 4.79 Å². The Morgan fingerprint density at radius 3 is 2.71 bits per heavy atom. The lowest BCUT2D eigenvalue weighted by Crippen LogP contribution is -2.48. The molecule has 1 saturated carbocycles. The van der Waals surface area contributed by atoms with Crippen LogP contribution in [-0.4, -0.2) is 43.6 Å². The van der Waals surface area contributed by atoms with Crippen LogP contribution < -0.4 is 0 Å². The van der Waals surface area contributed by atoms with Gasteiger partial charge in [0, 0.05) is 31.5 Å². The van der Waals surface area contributed by atoms with Crippen molar-refractivity contribution >= 4 is 5.91 Å². The number of aliphatic hydroxyl groups is 1. The van der Waals surface area contributed by atoms with E-state index in [2.05, 4.69) is 17.2 Å². The first kappa shape index (κ1) is 19.1. The molecule has 0 bridgehead atoms. The summed E-state index contributed by atoms with van der Waals surface area (Å²) in [6, 6.07) is 9.73. The smallest absolute Gasteiger partial charge is 0.223 e. The number of aliphatic hydroxyl groups excluding tert-OH is 1. The van der Waals surface area contributed by atoms with Crippen molar-refractivity contribution in [3.63, 3.8) is 0 Å². The van der Waals surface area contributed by atoms with Gasteiger partial charge in [-0.1, -0.05) is 55.3 Å². The first-order chi connectivity index (χ1) is 13.7. The number of unbranched alkanes of at least 4 members (excludes halogenated alkanes) is 2. The minimum absolute atomic E-state index is 0.0898. The van der Waals surface area contributed by atoms with E-state index in [1.54, 1.807) is 4.68 Å². The van der Waals surface area contributed by atoms with Crippen molar-refractivity contribution in [2.45, 2.75) is 76.0 Å². The summed E-state index contributed by atoms with van der Waals surface area (Å²) >= 11 is 0. The van der Waals surface area contributed by atoms with Crippen molar-refractivity contribution in [1.29, 1.82) is 0 Å². The minimum atomic E-state index is -0.557. The minimum Gasteiger partial charge on any atom is -0.391 e. The van der Waals surface area contributed by atoms with Crippen molar-refractivity contribution in [2.75, 3.05) is 6.54 Å². The molecule has 1 amide bonds. The first-order valence-electron chi connectivity index (χ1n) is 10.6. The van der Waals surface area contributed by atoms with Gasteiger partial charge in [0.1, 0.15) is 0 Å². The maximum atomic E-state index is 13.1. The van der Waals surface area contributed by atoms with E-state index in [4.69, 9.17) is 0 Å². The van der Waals surface area contributed by atoms with Crippen LogP contribution in [0.2, 0.25) is 0 Å². The van der Waals surface area contributed by atoms with Gasteiger partial charge in [0.25, 0.3) is 0 Å². The Bertz CT molecular complexity index is 787. The van der Waals surface area contributed by atoms with Gasteiger partial charge in [-0.05, 0) is 24.8 Å². The third-order valence-corrected chi connectivity index (χ3v) is 6.03. The lowest BCUT2D eigenvalue weighted by molar-refractivity contribution is -0.139. The summed E-state index contributed by atoms with van der Waals surface area (Å²) in [6.07, 6.45) is 7.91. The zero-order valence-corrected chi connectivity index (χ0v) is 16.6. The van der Waals surface area contributed by atoms with Gasteiger partial charge < -0.3 is 10.0 Å². The average Bonchev–Trinajstić information content (AvgIpc) is 3.46. The van der Waals surface area contributed by atoms with Gasteiger partial charge in [-0.15, -0.1) is 5.10 Å². The summed E-state index contributed by atoms with van der Waals surface area (Å²) in [7, 11) is 0. The molecule has 2 aliphatic rings. The number of carbonyl (C=O) groups excluding carboxylic acids is 1. The molecule has 1 aromatic carbocycles. The third kappa shape index (κ3) is 4.12. The van der Waals surface area contributed by atoms with E-state index in [0.29, 0.717) is 25.3 Å². The lowest BCUT2D eigenvalue weighted by atomic mass is 9.90. The fraction of sp³-hybridized carbons (Fsp3) is 0.591. The average molecular weight is 383 g/mol. The standard InChI is InChI=1S/C22H30N4O2/c1-2-3-5-10-22(28)25-15-20(26-14-18(23-24-26)16-11-12-16)21(27)13-19(25)17-8-6-4-7-9-17/h4,6-9,14,16,19-21,27H,2-3,5,10-13,15H2,1H3/t19-,20-,21-/m1/s1. The molecule has 2 heterocycles. The maximum Gasteiger partial charge on any atom is 0.223 e. The Balaban J connectivity index is 1.55. The molecular weight excluding hydrogens is 352 g/mol. The van der Waals surface area contributed by atoms with E-state index in [9.17, 15) is 9.90 Å². The van der Waals surface area contributed by atoms with Gasteiger partial charge in [0.15, 0.2) is 0 Å². The molecule has 1 aliphatic heterocycles. The number of nitrogens with zero attached hydrogens (tertiary/aromatic N) is 4. The van der Waals surface area contributed by atoms with Crippen LogP contribution >= 0.6 is 0 Å². The van der Waals surface area contributed by atoms with Gasteiger partial charge in [-0.25, -0.2) is 4.68 Å². The molecule has 3 atom stereocenters.